The van der Waals surface area contributed by atoms with Gasteiger partial charge in [-0.2, -0.15) is 0 Å². The summed E-state index contributed by atoms with van der Waals surface area (Å²) in [4.78, 5) is 32.2. The first kappa shape index (κ1) is 18.6. The molecule has 0 saturated carbocycles. The third-order valence-corrected chi connectivity index (χ3v) is 4.11. The Hall–Kier alpha value is -3.22. The minimum absolute atomic E-state index is 0.00981. The average molecular weight is 368 g/mol. The number of benzene rings is 2. The standard InChI is InChI=1S/C20H21FN4O2/c1-2-6-17(22-18(26)12-13-7-5-8-14(21)11-13)19(27)25-20-23-15-9-3-4-10-16(15)24-20/h3-5,7-11,17H,2,6,12H2,1H3,(H,22,26)(H2,23,24,25,27)/t17-/m0/s1. The number of imidazole rings is 1. The van der Waals surface area contributed by atoms with Crippen LogP contribution < -0.4 is 10.6 Å². The summed E-state index contributed by atoms with van der Waals surface area (Å²) in [6, 6.07) is 12.6. The second-order valence-electron chi connectivity index (χ2n) is 6.31. The average Bonchev–Trinajstić information content (AvgIpc) is 3.03. The minimum atomic E-state index is -0.690. The predicted octanol–water partition coefficient (Wildman–Crippen LogP) is 3.17. The lowest BCUT2D eigenvalue weighted by Crippen LogP contribution is -2.44. The zero-order valence-corrected chi connectivity index (χ0v) is 15.0. The number of fused-ring (bicyclic) bond motifs is 1. The highest BCUT2D eigenvalue weighted by molar-refractivity contribution is 5.97. The summed E-state index contributed by atoms with van der Waals surface area (Å²) in [6.07, 6.45) is 1.22. The molecule has 3 N–H and O–H groups in total. The fourth-order valence-electron chi connectivity index (χ4n) is 2.85. The Bertz CT molecular complexity index is 921. The summed E-state index contributed by atoms with van der Waals surface area (Å²) in [6.45, 7) is 1.93. The molecule has 0 aliphatic heterocycles. The first-order valence-corrected chi connectivity index (χ1v) is 8.84. The molecule has 2 amide bonds. The molecular weight excluding hydrogens is 347 g/mol. The number of nitrogens with zero attached hydrogens (tertiary/aromatic N) is 1. The molecule has 1 atom stereocenters. The Kier molecular flexibility index (Phi) is 5.80. The Morgan fingerprint density at radius 3 is 2.74 bits per heavy atom. The van der Waals surface area contributed by atoms with Crippen molar-refractivity contribution >= 4 is 28.8 Å². The smallest absolute Gasteiger partial charge is 0.249 e. The van der Waals surface area contributed by atoms with Crippen LogP contribution in [0.2, 0.25) is 0 Å². The van der Waals surface area contributed by atoms with Gasteiger partial charge in [-0.3, -0.25) is 14.9 Å². The van der Waals surface area contributed by atoms with E-state index in [1.807, 2.05) is 31.2 Å². The quantitative estimate of drug-likeness (QED) is 0.599. The van der Waals surface area contributed by atoms with Crippen molar-refractivity contribution < 1.29 is 14.0 Å². The van der Waals surface area contributed by atoms with Gasteiger partial charge in [-0.15, -0.1) is 0 Å². The molecule has 27 heavy (non-hydrogen) atoms. The topological polar surface area (TPSA) is 86.9 Å². The largest absolute Gasteiger partial charge is 0.344 e. The van der Waals surface area contributed by atoms with E-state index in [0.717, 1.165) is 17.5 Å². The first-order chi connectivity index (χ1) is 13.0. The fraction of sp³-hybridized carbons (Fsp3) is 0.250. The van der Waals surface area contributed by atoms with Crippen molar-refractivity contribution in [1.29, 1.82) is 0 Å². The van der Waals surface area contributed by atoms with Crippen LogP contribution in [0.25, 0.3) is 11.0 Å². The molecule has 0 fully saturated rings. The maximum Gasteiger partial charge on any atom is 0.249 e. The molecule has 2 aromatic carbocycles. The number of para-hydroxylation sites is 2. The number of aromatic nitrogens is 2. The maximum absolute atomic E-state index is 13.3. The number of carbonyl (C=O) groups excluding carboxylic acids is 2. The zero-order valence-electron chi connectivity index (χ0n) is 15.0. The van der Waals surface area contributed by atoms with E-state index in [0.29, 0.717) is 17.9 Å². The van der Waals surface area contributed by atoms with Crippen LogP contribution in [0, 0.1) is 5.82 Å². The maximum atomic E-state index is 13.3. The highest BCUT2D eigenvalue weighted by Gasteiger charge is 2.21. The summed E-state index contributed by atoms with van der Waals surface area (Å²) in [5, 5.41) is 5.44. The SMILES string of the molecule is CCC[C@H](NC(=O)Cc1cccc(F)c1)C(=O)Nc1nc2ccccc2[nH]1. The van der Waals surface area contributed by atoms with Gasteiger partial charge in [0.15, 0.2) is 0 Å². The normalized spacial score (nSPS) is 11.9. The molecule has 0 saturated heterocycles. The van der Waals surface area contributed by atoms with Crippen molar-refractivity contribution in [2.75, 3.05) is 5.32 Å². The van der Waals surface area contributed by atoms with Crippen LogP contribution in [-0.2, 0) is 16.0 Å². The molecule has 0 unspecified atom stereocenters. The number of H-pyrrole nitrogens is 1. The monoisotopic (exact) mass is 368 g/mol. The number of hydrogen-bond donors (Lipinski definition) is 3. The number of nitrogens with one attached hydrogen (secondary N) is 3. The second kappa shape index (κ2) is 8.44. The Labute approximate surface area is 156 Å². The molecule has 1 aromatic heterocycles. The molecule has 0 aliphatic carbocycles. The van der Waals surface area contributed by atoms with Crippen LogP contribution in [0.1, 0.15) is 25.3 Å². The fourth-order valence-corrected chi connectivity index (χ4v) is 2.85. The third kappa shape index (κ3) is 4.91. The summed E-state index contributed by atoms with van der Waals surface area (Å²) < 4.78 is 13.3. The van der Waals surface area contributed by atoms with Gasteiger partial charge in [0.05, 0.1) is 17.5 Å². The van der Waals surface area contributed by atoms with Crippen molar-refractivity contribution in [2.45, 2.75) is 32.2 Å². The van der Waals surface area contributed by atoms with Crippen molar-refractivity contribution in [3.63, 3.8) is 0 Å². The van der Waals surface area contributed by atoms with Gasteiger partial charge in [-0.05, 0) is 36.2 Å². The zero-order chi connectivity index (χ0) is 19.2. The highest BCUT2D eigenvalue weighted by Crippen LogP contribution is 2.14. The van der Waals surface area contributed by atoms with E-state index in [4.69, 9.17) is 0 Å². The van der Waals surface area contributed by atoms with E-state index >= 15 is 0 Å². The number of carbonyl (C=O) groups is 2. The van der Waals surface area contributed by atoms with Crippen molar-refractivity contribution in [3.05, 3.63) is 59.9 Å². The highest BCUT2D eigenvalue weighted by atomic mass is 19.1. The Balaban J connectivity index is 1.64. The summed E-state index contributed by atoms with van der Waals surface area (Å²) in [7, 11) is 0. The molecule has 0 aliphatic rings. The second-order valence-corrected chi connectivity index (χ2v) is 6.31. The number of halogens is 1. The molecule has 0 radical (unpaired) electrons. The number of rotatable bonds is 7. The van der Waals surface area contributed by atoms with E-state index in [1.165, 1.54) is 12.1 Å². The third-order valence-electron chi connectivity index (χ3n) is 4.11. The van der Waals surface area contributed by atoms with Crippen LogP contribution in [0.15, 0.2) is 48.5 Å². The summed E-state index contributed by atoms with van der Waals surface area (Å²) in [5.74, 6) is -0.739. The molecule has 140 valence electrons. The van der Waals surface area contributed by atoms with E-state index in [-0.39, 0.29) is 18.2 Å². The number of amides is 2. The molecule has 0 bridgehead atoms. The number of anilines is 1. The van der Waals surface area contributed by atoms with E-state index in [1.54, 1.807) is 12.1 Å². The van der Waals surface area contributed by atoms with Crippen LogP contribution in [-0.4, -0.2) is 27.8 Å². The van der Waals surface area contributed by atoms with E-state index < -0.39 is 11.9 Å². The Morgan fingerprint density at radius 2 is 2.00 bits per heavy atom. The van der Waals surface area contributed by atoms with Crippen LogP contribution in [0.4, 0.5) is 10.3 Å². The van der Waals surface area contributed by atoms with Crippen molar-refractivity contribution in [3.8, 4) is 0 Å². The van der Waals surface area contributed by atoms with Gasteiger partial charge < -0.3 is 10.3 Å². The molecular formula is C20H21FN4O2. The van der Waals surface area contributed by atoms with Crippen LogP contribution in [0.5, 0.6) is 0 Å². The Morgan fingerprint density at radius 1 is 1.19 bits per heavy atom. The minimum Gasteiger partial charge on any atom is -0.344 e. The molecule has 3 rings (SSSR count). The van der Waals surface area contributed by atoms with Gasteiger partial charge >= 0.3 is 0 Å². The molecule has 3 aromatic rings. The van der Waals surface area contributed by atoms with Crippen molar-refractivity contribution in [2.24, 2.45) is 0 Å². The summed E-state index contributed by atoms with van der Waals surface area (Å²) in [5.41, 5.74) is 2.12. The van der Waals surface area contributed by atoms with Gasteiger partial charge in [0.1, 0.15) is 11.9 Å². The van der Waals surface area contributed by atoms with Crippen LogP contribution >= 0.6 is 0 Å². The van der Waals surface area contributed by atoms with Gasteiger partial charge in [0.25, 0.3) is 0 Å². The van der Waals surface area contributed by atoms with Crippen molar-refractivity contribution in [1.82, 2.24) is 15.3 Å². The van der Waals surface area contributed by atoms with Gasteiger partial charge in [-0.1, -0.05) is 37.6 Å². The predicted molar refractivity (Wildman–Crippen MR) is 102 cm³/mol. The lowest BCUT2D eigenvalue weighted by Gasteiger charge is -2.17. The van der Waals surface area contributed by atoms with Gasteiger partial charge in [0.2, 0.25) is 17.8 Å². The first-order valence-electron chi connectivity index (χ1n) is 8.84. The lowest BCUT2D eigenvalue weighted by molar-refractivity contribution is -0.126. The van der Waals surface area contributed by atoms with E-state index in [9.17, 15) is 14.0 Å². The van der Waals surface area contributed by atoms with Gasteiger partial charge in [0, 0.05) is 0 Å². The molecule has 7 heteroatoms. The lowest BCUT2D eigenvalue weighted by atomic mass is 10.1. The molecule has 0 spiro atoms. The van der Waals surface area contributed by atoms with Gasteiger partial charge in [-0.25, -0.2) is 9.37 Å². The number of aromatic amines is 1. The van der Waals surface area contributed by atoms with E-state index in [2.05, 4.69) is 20.6 Å². The van der Waals surface area contributed by atoms with Crippen LogP contribution in [0.3, 0.4) is 0 Å². The number of hydrogen-bond acceptors (Lipinski definition) is 3. The molecule has 1 heterocycles. The summed E-state index contributed by atoms with van der Waals surface area (Å²) >= 11 is 0. The molecule has 6 nitrogen and oxygen atoms in total.